The largest absolute Gasteiger partial charge is 0.506 e. The number of para-hydroxylation sites is 1. The van der Waals surface area contributed by atoms with Crippen molar-refractivity contribution < 1.29 is 24.5 Å². The number of anilines is 1. The molecule has 0 aromatic heterocycles. The van der Waals surface area contributed by atoms with Gasteiger partial charge in [0, 0.05) is 5.69 Å². The molecule has 0 atom stereocenters. The first-order valence-electron chi connectivity index (χ1n) is 10.9. The van der Waals surface area contributed by atoms with Crippen LogP contribution < -0.4 is 10.5 Å². The van der Waals surface area contributed by atoms with Crippen molar-refractivity contribution in [1.29, 1.82) is 0 Å². The standard InChI is InChI=1S/C27H24N2O5S/c1-2-33-27(32)24-25(31)23(35-26(24)29-20-9-4-3-5-10-20)15-17-11-12-22(21(30)14-17)34-16-18-7-6-8-19(28)13-18/h3-15,30-31H,2,16,28H2,1H3/b23-15-,29-26?. The highest BCUT2D eigenvalue weighted by atomic mass is 32.2. The molecule has 3 aromatic carbocycles. The number of phenols is 1. The van der Waals surface area contributed by atoms with Gasteiger partial charge in [0.05, 0.1) is 17.2 Å². The summed E-state index contributed by atoms with van der Waals surface area (Å²) in [5, 5.41) is 21.6. The molecule has 0 saturated heterocycles. The molecule has 178 valence electrons. The Balaban J connectivity index is 1.58. The Morgan fingerprint density at radius 3 is 2.57 bits per heavy atom. The lowest BCUT2D eigenvalue weighted by atomic mass is 10.1. The van der Waals surface area contributed by atoms with Gasteiger partial charge in [-0.15, -0.1) is 0 Å². The molecule has 35 heavy (non-hydrogen) atoms. The number of phenolic OH excluding ortho intramolecular Hbond substituents is 1. The number of nitrogen functional groups attached to an aromatic ring is 1. The lowest BCUT2D eigenvalue weighted by Crippen LogP contribution is -2.12. The molecule has 0 saturated carbocycles. The van der Waals surface area contributed by atoms with Crippen molar-refractivity contribution in [2.45, 2.75) is 13.5 Å². The van der Waals surface area contributed by atoms with Crippen LogP contribution >= 0.6 is 11.8 Å². The highest BCUT2D eigenvalue weighted by Crippen LogP contribution is 2.41. The number of hydrogen-bond acceptors (Lipinski definition) is 8. The van der Waals surface area contributed by atoms with Crippen molar-refractivity contribution in [2.75, 3.05) is 12.3 Å². The van der Waals surface area contributed by atoms with Crippen molar-refractivity contribution in [1.82, 2.24) is 0 Å². The van der Waals surface area contributed by atoms with Crippen LogP contribution in [-0.2, 0) is 16.1 Å². The molecule has 0 spiro atoms. The van der Waals surface area contributed by atoms with Gasteiger partial charge in [-0.3, -0.25) is 0 Å². The number of carbonyl (C=O) groups is 1. The topological polar surface area (TPSA) is 114 Å². The number of nitrogens with two attached hydrogens (primary N) is 1. The Labute approximate surface area is 207 Å². The molecular formula is C27H24N2O5S. The Hall–Kier alpha value is -4.17. The average Bonchev–Trinajstić information content (AvgIpc) is 3.13. The van der Waals surface area contributed by atoms with Gasteiger partial charge in [-0.25, -0.2) is 9.79 Å². The molecule has 0 radical (unpaired) electrons. The number of hydrogen-bond donors (Lipinski definition) is 3. The summed E-state index contributed by atoms with van der Waals surface area (Å²) in [6.07, 6.45) is 1.66. The van der Waals surface area contributed by atoms with E-state index in [4.69, 9.17) is 15.2 Å². The molecule has 0 amide bonds. The molecule has 7 nitrogen and oxygen atoms in total. The molecular weight excluding hydrogens is 464 g/mol. The summed E-state index contributed by atoms with van der Waals surface area (Å²) in [5.41, 5.74) is 8.57. The lowest BCUT2D eigenvalue weighted by molar-refractivity contribution is -0.138. The summed E-state index contributed by atoms with van der Waals surface area (Å²) in [5.74, 6) is -0.612. The normalized spacial score (nSPS) is 15.6. The molecule has 3 aromatic rings. The van der Waals surface area contributed by atoms with E-state index in [9.17, 15) is 15.0 Å². The molecule has 1 heterocycles. The summed E-state index contributed by atoms with van der Waals surface area (Å²) < 4.78 is 10.8. The molecule has 1 aliphatic rings. The number of aliphatic imine (C=N–C) groups is 1. The fraction of sp³-hybridized carbons (Fsp3) is 0.111. The van der Waals surface area contributed by atoms with Gasteiger partial charge in [-0.1, -0.05) is 48.2 Å². The molecule has 0 aliphatic carbocycles. The smallest absolute Gasteiger partial charge is 0.344 e. The van der Waals surface area contributed by atoms with Gasteiger partial charge in [0.25, 0.3) is 0 Å². The first-order valence-corrected chi connectivity index (χ1v) is 11.7. The van der Waals surface area contributed by atoms with Crippen LogP contribution in [0.5, 0.6) is 11.5 Å². The quantitative estimate of drug-likeness (QED) is 0.287. The van der Waals surface area contributed by atoms with E-state index in [1.165, 1.54) is 6.07 Å². The fourth-order valence-electron chi connectivity index (χ4n) is 3.35. The number of ether oxygens (including phenoxy) is 2. The van der Waals surface area contributed by atoms with Crippen molar-refractivity contribution in [3.63, 3.8) is 0 Å². The molecule has 4 rings (SSSR count). The van der Waals surface area contributed by atoms with Crippen molar-refractivity contribution in [2.24, 2.45) is 4.99 Å². The summed E-state index contributed by atoms with van der Waals surface area (Å²) in [7, 11) is 0. The van der Waals surface area contributed by atoms with Crippen LogP contribution in [0.2, 0.25) is 0 Å². The first kappa shape index (κ1) is 24.0. The lowest BCUT2D eigenvalue weighted by Gasteiger charge is -2.09. The molecule has 8 heteroatoms. The minimum Gasteiger partial charge on any atom is -0.506 e. The third-order valence-corrected chi connectivity index (χ3v) is 6.00. The number of aliphatic hydroxyl groups is 1. The van der Waals surface area contributed by atoms with Crippen LogP contribution in [0.1, 0.15) is 18.1 Å². The maximum Gasteiger partial charge on any atom is 0.344 e. The van der Waals surface area contributed by atoms with E-state index in [1.807, 2.05) is 30.3 Å². The number of esters is 1. The Bertz CT molecular complexity index is 1330. The zero-order valence-electron chi connectivity index (χ0n) is 19.0. The zero-order chi connectivity index (χ0) is 24.8. The monoisotopic (exact) mass is 488 g/mol. The molecule has 0 unspecified atom stereocenters. The maximum absolute atomic E-state index is 12.5. The highest BCUT2D eigenvalue weighted by Gasteiger charge is 2.33. The number of aliphatic hydroxyl groups excluding tert-OH is 1. The van der Waals surface area contributed by atoms with E-state index in [2.05, 4.69) is 4.99 Å². The fourth-order valence-corrected chi connectivity index (χ4v) is 4.39. The number of rotatable bonds is 7. The Morgan fingerprint density at radius 1 is 1.06 bits per heavy atom. The summed E-state index contributed by atoms with van der Waals surface area (Å²) in [4.78, 5) is 17.5. The van der Waals surface area contributed by atoms with Gasteiger partial charge in [0.2, 0.25) is 0 Å². The number of benzene rings is 3. The SMILES string of the molecule is CCOC(=O)C1=C(O)/C(=C/c2ccc(OCc3cccc(N)c3)c(O)c2)SC1=Nc1ccccc1. The van der Waals surface area contributed by atoms with Gasteiger partial charge in [0.15, 0.2) is 11.5 Å². The number of aromatic hydroxyl groups is 1. The van der Waals surface area contributed by atoms with E-state index < -0.39 is 5.97 Å². The number of thioether (sulfide) groups is 1. The number of nitrogens with zero attached hydrogens (tertiary/aromatic N) is 1. The molecule has 0 fully saturated rings. The predicted octanol–water partition coefficient (Wildman–Crippen LogP) is 5.75. The van der Waals surface area contributed by atoms with E-state index in [1.54, 1.807) is 49.4 Å². The van der Waals surface area contributed by atoms with Crippen LogP contribution in [0.25, 0.3) is 6.08 Å². The first-order chi connectivity index (χ1) is 16.9. The molecule has 0 bridgehead atoms. The van der Waals surface area contributed by atoms with Gasteiger partial charge in [0.1, 0.15) is 23.0 Å². The van der Waals surface area contributed by atoms with Gasteiger partial charge in [-0.2, -0.15) is 0 Å². The van der Waals surface area contributed by atoms with E-state index in [0.29, 0.717) is 32.6 Å². The van der Waals surface area contributed by atoms with Crippen molar-refractivity contribution in [3.05, 3.63) is 100 Å². The summed E-state index contributed by atoms with van der Waals surface area (Å²) in [6, 6.07) is 21.4. The van der Waals surface area contributed by atoms with Crippen molar-refractivity contribution >= 4 is 40.2 Å². The van der Waals surface area contributed by atoms with Crippen molar-refractivity contribution in [3.8, 4) is 11.5 Å². The second-order valence-corrected chi connectivity index (χ2v) is 8.60. The second kappa shape index (κ2) is 10.8. The van der Waals surface area contributed by atoms with Crippen LogP contribution in [0.3, 0.4) is 0 Å². The minimum atomic E-state index is -0.649. The molecule has 4 N–H and O–H groups in total. The zero-order valence-corrected chi connectivity index (χ0v) is 19.8. The molecule has 1 aliphatic heterocycles. The third kappa shape index (κ3) is 5.85. The Kier molecular flexibility index (Phi) is 7.42. The van der Waals surface area contributed by atoms with Crippen LogP contribution in [0, 0.1) is 0 Å². The van der Waals surface area contributed by atoms with E-state index >= 15 is 0 Å². The summed E-state index contributed by atoms with van der Waals surface area (Å²) >= 11 is 1.15. The van der Waals surface area contributed by atoms with Crippen LogP contribution in [0.15, 0.2) is 94.0 Å². The van der Waals surface area contributed by atoms with E-state index in [-0.39, 0.29) is 30.3 Å². The van der Waals surface area contributed by atoms with Gasteiger partial charge in [-0.05, 0) is 60.5 Å². The van der Waals surface area contributed by atoms with Gasteiger partial charge < -0.3 is 25.4 Å². The third-order valence-electron chi connectivity index (χ3n) is 4.98. The maximum atomic E-state index is 12.5. The van der Waals surface area contributed by atoms with Gasteiger partial charge >= 0.3 is 5.97 Å². The minimum absolute atomic E-state index is 0.0123. The van der Waals surface area contributed by atoms with Crippen LogP contribution in [0.4, 0.5) is 11.4 Å². The summed E-state index contributed by atoms with van der Waals surface area (Å²) in [6.45, 7) is 2.12. The highest BCUT2D eigenvalue weighted by molar-refractivity contribution is 8.18. The van der Waals surface area contributed by atoms with E-state index in [0.717, 1.165) is 17.3 Å². The number of carbonyl (C=O) groups excluding carboxylic acids is 1. The predicted molar refractivity (Wildman–Crippen MR) is 139 cm³/mol. The Morgan fingerprint density at radius 2 is 1.86 bits per heavy atom. The second-order valence-electron chi connectivity index (χ2n) is 7.57. The average molecular weight is 489 g/mol. The van der Waals surface area contributed by atoms with Crippen LogP contribution in [-0.4, -0.2) is 27.8 Å².